The fourth-order valence-electron chi connectivity index (χ4n) is 2.49. The normalized spacial score (nSPS) is 14.0. The molecule has 0 atom stereocenters. The van der Waals surface area contributed by atoms with E-state index in [9.17, 15) is 14.4 Å². The van der Waals surface area contributed by atoms with Crippen molar-refractivity contribution >= 4 is 17.8 Å². The molecule has 1 N–H and O–H groups in total. The van der Waals surface area contributed by atoms with Crippen molar-refractivity contribution in [3.8, 4) is 5.69 Å². The summed E-state index contributed by atoms with van der Waals surface area (Å²) in [5.74, 6) is -0.700. The molecule has 0 spiro atoms. The highest BCUT2D eigenvalue weighted by molar-refractivity contribution is 6.04. The molecule has 0 aliphatic carbocycles. The Balaban J connectivity index is 1.71. The highest BCUT2D eigenvalue weighted by Gasteiger charge is 2.31. The maximum absolute atomic E-state index is 12.3. The number of rotatable bonds is 5. The molecule has 8 heteroatoms. The lowest BCUT2D eigenvalue weighted by Gasteiger charge is -2.21. The Hall–Kier alpha value is -3.16. The van der Waals surface area contributed by atoms with Gasteiger partial charge in [-0.1, -0.05) is 18.2 Å². The van der Waals surface area contributed by atoms with Crippen molar-refractivity contribution in [2.75, 3.05) is 20.1 Å². The second-order valence-corrected chi connectivity index (χ2v) is 5.47. The minimum Gasteiger partial charge on any atom is -0.340 e. The summed E-state index contributed by atoms with van der Waals surface area (Å²) >= 11 is 0. The van der Waals surface area contributed by atoms with Crippen LogP contribution in [0.1, 0.15) is 5.56 Å². The standard InChI is InChI=1S/C16H17N5O3/c1-19(15(23)11-20-14(22)9-17-16(20)24)10-12-5-2-3-6-13(12)21-8-4-7-18-21/h2-8H,9-11H2,1H3,(H,17,24). The summed E-state index contributed by atoms with van der Waals surface area (Å²) in [5.41, 5.74) is 1.78. The molecule has 0 radical (unpaired) electrons. The van der Waals surface area contributed by atoms with Gasteiger partial charge in [0.05, 0.1) is 12.2 Å². The van der Waals surface area contributed by atoms with Crippen LogP contribution in [0.3, 0.4) is 0 Å². The van der Waals surface area contributed by atoms with Crippen LogP contribution in [0, 0.1) is 0 Å². The Morgan fingerprint density at radius 3 is 2.75 bits per heavy atom. The highest BCUT2D eigenvalue weighted by atomic mass is 16.2. The Morgan fingerprint density at radius 2 is 2.08 bits per heavy atom. The Labute approximate surface area is 138 Å². The minimum absolute atomic E-state index is 0.0576. The average Bonchev–Trinajstić information content (AvgIpc) is 3.21. The zero-order chi connectivity index (χ0) is 17.1. The molecule has 1 aliphatic heterocycles. The van der Waals surface area contributed by atoms with Gasteiger partial charge in [0, 0.05) is 26.0 Å². The summed E-state index contributed by atoms with van der Waals surface area (Å²) in [6.07, 6.45) is 3.51. The molecule has 1 fully saturated rings. The molecule has 0 unspecified atom stereocenters. The second kappa shape index (κ2) is 6.53. The number of hydrogen-bond donors (Lipinski definition) is 1. The number of carbonyl (C=O) groups is 3. The number of aromatic nitrogens is 2. The van der Waals surface area contributed by atoms with Gasteiger partial charge in [0.2, 0.25) is 5.91 Å². The van der Waals surface area contributed by atoms with Gasteiger partial charge in [-0.05, 0) is 17.7 Å². The summed E-state index contributed by atoms with van der Waals surface area (Å²) in [6.45, 7) is 0.0293. The van der Waals surface area contributed by atoms with E-state index in [-0.39, 0.29) is 19.0 Å². The molecule has 0 bridgehead atoms. The molecule has 4 amide bonds. The maximum Gasteiger partial charge on any atom is 0.325 e. The van der Waals surface area contributed by atoms with Crippen LogP contribution in [0.4, 0.5) is 4.79 Å². The fourth-order valence-corrected chi connectivity index (χ4v) is 2.49. The first-order valence-corrected chi connectivity index (χ1v) is 7.46. The fraction of sp³-hybridized carbons (Fsp3) is 0.250. The molecular weight excluding hydrogens is 310 g/mol. The molecule has 24 heavy (non-hydrogen) atoms. The Kier molecular flexibility index (Phi) is 4.28. The van der Waals surface area contributed by atoms with E-state index in [2.05, 4.69) is 10.4 Å². The van der Waals surface area contributed by atoms with Gasteiger partial charge >= 0.3 is 6.03 Å². The average molecular weight is 327 g/mol. The SMILES string of the molecule is CN(Cc1ccccc1-n1cccn1)C(=O)CN1C(=O)CNC1=O. The van der Waals surface area contributed by atoms with E-state index in [4.69, 9.17) is 0 Å². The number of benzene rings is 1. The quantitative estimate of drug-likeness (QED) is 0.805. The number of nitrogens with zero attached hydrogens (tertiary/aromatic N) is 4. The molecular formula is C16H17N5O3. The molecule has 0 saturated carbocycles. The van der Waals surface area contributed by atoms with Crippen LogP contribution in [0.2, 0.25) is 0 Å². The van der Waals surface area contributed by atoms with Crippen LogP contribution in [0.5, 0.6) is 0 Å². The van der Waals surface area contributed by atoms with Crippen molar-refractivity contribution in [1.82, 2.24) is 24.9 Å². The van der Waals surface area contributed by atoms with Gasteiger partial charge in [-0.15, -0.1) is 0 Å². The molecule has 1 aromatic carbocycles. The van der Waals surface area contributed by atoms with Crippen LogP contribution < -0.4 is 5.32 Å². The molecule has 8 nitrogen and oxygen atoms in total. The van der Waals surface area contributed by atoms with Crippen molar-refractivity contribution < 1.29 is 14.4 Å². The third-order valence-corrected chi connectivity index (χ3v) is 3.81. The summed E-state index contributed by atoms with van der Waals surface area (Å²) in [5, 5.41) is 6.61. The Bertz CT molecular complexity index is 756. The van der Waals surface area contributed by atoms with Gasteiger partial charge in [0.1, 0.15) is 6.54 Å². The van der Waals surface area contributed by atoms with Crippen LogP contribution in [-0.2, 0) is 16.1 Å². The largest absolute Gasteiger partial charge is 0.340 e. The summed E-state index contributed by atoms with van der Waals surface area (Å²) in [7, 11) is 1.64. The number of likely N-dealkylation sites (N-methyl/N-ethyl adjacent to an activating group) is 1. The lowest BCUT2D eigenvalue weighted by atomic mass is 10.1. The smallest absolute Gasteiger partial charge is 0.325 e. The number of nitrogens with one attached hydrogen (secondary N) is 1. The van der Waals surface area contributed by atoms with Gasteiger partial charge in [-0.3, -0.25) is 14.5 Å². The number of amides is 4. The van der Waals surface area contributed by atoms with E-state index >= 15 is 0 Å². The van der Waals surface area contributed by atoms with Gasteiger partial charge in [0.25, 0.3) is 5.91 Å². The number of urea groups is 1. The van der Waals surface area contributed by atoms with E-state index in [1.807, 2.05) is 36.5 Å². The summed E-state index contributed by atoms with van der Waals surface area (Å²) in [6, 6.07) is 8.91. The maximum atomic E-state index is 12.3. The topological polar surface area (TPSA) is 87.5 Å². The number of carbonyl (C=O) groups excluding carboxylic acids is 3. The number of imide groups is 1. The van der Waals surface area contributed by atoms with Crippen LogP contribution in [-0.4, -0.2) is 57.6 Å². The number of para-hydroxylation sites is 1. The monoisotopic (exact) mass is 327 g/mol. The van der Waals surface area contributed by atoms with Gasteiger partial charge < -0.3 is 10.2 Å². The zero-order valence-electron chi connectivity index (χ0n) is 13.2. The van der Waals surface area contributed by atoms with Gasteiger partial charge in [0.15, 0.2) is 0 Å². The lowest BCUT2D eigenvalue weighted by molar-refractivity contribution is -0.135. The van der Waals surface area contributed by atoms with E-state index in [0.717, 1.165) is 16.2 Å². The molecule has 1 aliphatic rings. The first kappa shape index (κ1) is 15.7. The van der Waals surface area contributed by atoms with Crippen LogP contribution in [0.25, 0.3) is 5.69 Å². The molecule has 1 saturated heterocycles. The van der Waals surface area contributed by atoms with Crippen molar-refractivity contribution in [3.63, 3.8) is 0 Å². The molecule has 124 valence electrons. The van der Waals surface area contributed by atoms with E-state index < -0.39 is 11.9 Å². The van der Waals surface area contributed by atoms with Crippen molar-refractivity contribution in [3.05, 3.63) is 48.3 Å². The molecule has 1 aromatic heterocycles. The van der Waals surface area contributed by atoms with Gasteiger partial charge in [-0.2, -0.15) is 5.10 Å². The Morgan fingerprint density at radius 1 is 1.29 bits per heavy atom. The zero-order valence-corrected chi connectivity index (χ0v) is 13.2. The van der Waals surface area contributed by atoms with Crippen molar-refractivity contribution in [1.29, 1.82) is 0 Å². The highest BCUT2D eigenvalue weighted by Crippen LogP contribution is 2.15. The summed E-state index contributed by atoms with van der Waals surface area (Å²) < 4.78 is 1.73. The third kappa shape index (κ3) is 3.12. The first-order chi connectivity index (χ1) is 11.6. The van der Waals surface area contributed by atoms with E-state index in [1.165, 1.54) is 4.90 Å². The van der Waals surface area contributed by atoms with E-state index in [0.29, 0.717) is 6.54 Å². The minimum atomic E-state index is -0.529. The van der Waals surface area contributed by atoms with Crippen molar-refractivity contribution in [2.24, 2.45) is 0 Å². The van der Waals surface area contributed by atoms with Gasteiger partial charge in [-0.25, -0.2) is 9.48 Å². The lowest BCUT2D eigenvalue weighted by Crippen LogP contribution is -2.41. The second-order valence-electron chi connectivity index (χ2n) is 5.47. The number of hydrogen-bond acceptors (Lipinski definition) is 4. The van der Waals surface area contributed by atoms with Crippen molar-refractivity contribution in [2.45, 2.75) is 6.54 Å². The third-order valence-electron chi connectivity index (χ3n) is 3.81. The van der Waals surface area contributed by atoms with Crippen LogP contribution in [0.15, 0.2) is 42.7 Å². The predicted molar refractivity (Wildman–Crippen MR) is 85.1 cm³/mol. The van der Waals surface area contributed by atoms with Crippen LogP contribution >= 0.6 is 0 Å². The first-order valence-electron chi connectivity index (χ1n) is 7.46. The molecule has 2 heterocycles. The predicted octanol–water partition coefficient (Wildman–Crippen LogP) is 0.382. The molecule has 2 aromatic rings. The molecule has 3 rings (SSSR count). The van der Waals surface area contributed by atoms with E-state index in [1.54, 1.807) is 17.9 Å². The summed E-state index contributed by atoms with van der Waals surface area (Å²) in [4.78, 5) is 37.8.